The lowest BCUT2D eigenvalue weighted by Crippen LogP contribution is -2.54. The van der Waals surface area contributed by atoms with Crippen molar-refractivity contribution < 1.29 is 19.8 Å². The van der Waals surface area contributed by atoms with E-state index in [4.69, 9.17) is 5.11 Å². The summed E-state index contributed by atoms with van der Waals surface area (Å²) in [6.07, 6.45) is 10.9. The van der Waals surface area contributed by atoms with Crippen molar-refractivity contribution in [2.45, 2.75) is 85.0 Å². The van der Waals surface area contributed by atoms with E-state index in [1.807, 2.05) is 0 Å². The molecule has 4 aliphatic carbocycles. The molecular formula is C25H38O4. The highest BCUT2D eigenvalue weighted by molar-refractivity contribution is 5.96. The van der Waals surface area contributed by atoms with E-state index in [0.717, 1.165) is 37.4 Å². The number of hydrogen-bond acceptors (Lipinski definition) is 3. The molecule has 0 heterocycles. The molecule has 4 saturated carbocycles. The van der Waals surface area contributed by atoms with Crippen LogP contribution in [0.3, 0.4) is 0 Å². The molecule has 0 aromatic carbocycles. The van der Waals surface area contributed by atoms with Crippen LogP contribution in [0.15, 0.2) is 11.8 Å². The Kier molecular flexibility index (Phi) is 5.36. The topological polar surface area (TPSA) is 74.6 Å². The van der Waals surface area contributed by atoms with Crippen molar-refractivity contribution in [3.63, 3.8) is 0 Å². The SMILES string of the molecule is C[C@H](CCC(=O)O)[C@H]1CC[C@H]2[C@@H]3CC[C@@H]4CC(=O)/C(=C/O)C[C@]4(C)[C@H]3CC[C@]12C. The van der Waals surface area contributed by atoms with Crippen molar-refractivity contribution >= 4 is 11.8 Å². The van der Waals surface area contributed by atoms with Gasteiger partial charge in [-0.2, -0.15) is 0 Å². The van der Waals surface area contributed by atoms with Gasteiger partial charge in [0.05, 0.1) is 6.26 Å². The maximum Gasteiger partial charge on any atom is 0.303 e. The first-order valence-electron chi connectivity index (χ1n) is 11.8. The molecule has 0 spiro atoms. The molecule has 0 aliphatic heterocycles. The van der Waals surface area contributed by atoms with Gasteiger partial charge in [0.15, 0.2) is 5.78 Å². The number of ketones is 1. The Morgan fingerprint density at radius 2 is 1.86 bits per heavy atom. The summed E-state index contributed by atoms with van der Waals surface area (Å²) in [6.45, 7) is 7.17. The molecule has 0 aromatic heterocycles. The van der Waals surface area contributed by atoms with Crippen molar-refractivity contribution in [2.75, 3.05) is 0 Å². The standard InChI is InChI=1S/C25H38O4/c1-15(4-9-23(28)29)19-7-8-20-18-6-5-17-12-22(27)16(14-26)13-25(17,3)21(18)10-11-24(19,20)2/h14-15,17-21,26H,4-13H2,1-3H3,(H,28,29)/b16-14+/t15-,17-,18+,19-,20+,21+,24-,25+/m1/s1. The quantitative estimate of drug-likeness (QED) is 0.462. The van der Waals surface area contributed by atoms with Crippen LogP contribution in [0.25, 0.3) is 0 Å². The van der Waals surface area contributed by atoms with Crippen molar-refractivity contribution in [3.8, 4) is 0 Å². The minimum atomic E-state index is -0.675. The summed E-state index contributed by atoms with van der Waals surface area (Å²) in [6, 6.07) is 0. The van der Waals surface area contributed by atoms with Gasteiger partial charge in [-0.3, -0.25) is 9.59 Å². The summed E-state index contributed by atoms with van der Waals surface area (Å²) < 4.78 is 0. The van der Waals surface area contributed by atoms with Crippen molar-refractivity contribution in [1.29, 1.82) is 0 Å². The summed E-state index contributed by atoms with van der Waals surface area (Å²) >= 11 is 0. The number of fused-ring (bicyclic) bond motifs is 5. The minimum absolute atomic E-state index is 0.139. The summed E-state index contributed by atoms with van der Waals surface area (Å²) in [5.74, 6) is 3.16. The highest BCUT2D eigenvalue weighted by atomic mass is 16.4. The molecule has 4 rings (SSSR count). The molecule has 2 N–H and O–H groups in total. The monoisotopic (exact) mass is 402 g/mol. The highest BCUT2D eigenvalue weighted by Gasteiger charge is 2.61. The molecule has 4 aliphatic rings. The van der Waals surface area contributed by atoms with Crippen LogP contribution in [-0.4, -0.2) is 22.0 Å². The van der Waals surface area contributed by atoms with Crippen LogP contribution in [-0.2, 0) is 9.59 Å². The van der Waals surface area contributed by atoms with E-state index in [9.17, 15) is 14.7 Å². The van der Waals surface area contributed by atoms with E-state index in [0.29, 0.717) is 41.1 Å². The Bertz CT molecular complexity index is 712. The Morgan fingerprint density at radius 3 is 2.55 bits per heavy atom. The first kappa shape index (κ1) is 20.9. The van der Waals surface area contributed by atoms with Gasteiger partial charge in [-0.25, -0.2) is 0 Å². The van der Waals surface area contributed by atoms with E-state index >= 15 is 0 Å². The highest BCUT2D eigenvalue weighted by Crippen LogP contribution is 2.68. The van der Waals surface area contributed by atoms with Crippen LogP contribution in [0, 0.1) is 46.3 Å². The Labute approximate surface area is 175 Å². The van der Waals surface area contributed by atoms with Gasteiger partial charge in [-0.05, 0) is 97.7 Å². The van der Waals surface area contributed by atoms with E-state index in [-0.39, 0.29) is 17.6 Å². The van der Waals surface area contributed by atoms with Gasteiger partial charge in [-0.1, -0.05) is 20.8 Å². The van der Waals surface area contributed by atoms with E-state index in [1.54, 1.807) is 0 Å². The second-order valence-corrected chi connectivity index (χ2v) is 11.3. The van der Waals surface area contributed by atoms with E-state index in [2.05, 4.69) is 20.8 Å². The molecule has 4 heteroatoms. The van der Waals surface area contributed by atoms with E-state index in [1.165, 1.54) is 32.1 Å². The zero-order valence-electron chi connectivity index (χ0n) is 18.3. The van der Waals surface area contributed by atoms with Crippen LogP contribution in [0.5, 0.6) is 0 Å². The average molecular weight is 403 g/mol. The number of carboxylic acid groups (broad SMARTS) is 1. The smallest absolute Gasteiger partial charge is 0.303 e. The molecule has 0 amide bonds. The molecule has 0 saturated heterocycles. The lowest BCUT2D eigenvalue weighted by Gasteiger charge is -2.60. The van der Waals surface area contributed by atoms with Crippen LogP contribution < -0.4 is 0 Å². The Hall–Kier alpha value is -1.32. The Balaban J connectivity index is 1.55. The zero-order valence-corrected chi connectivity index (χ0v) is 18.3. The van der Waals surface area contributed by atoms with Gasteiger partial charge in [0.25, 0.3) is 0 Å². The third-order valence-electron chi connectivity index (χ3n) is 10.2. The average Bonchev–Trinajstić information content (AvgIpc) is 3.03. The molecule has 0 aromatic rings. The fraction of sp³-hybridized carbons (Fsp3) is 0.840. The van der Waals surface area contributed by atoms with E-state index < -0.39 is 5.97 Å². The van der Waals surface area contributed by atoms with Crippen molar-refractivity contribution in [1.82, 2.24) is 0 Å². The molecule has 0 unspecified atom stereocenters. The number of carboxylic acids is 1. The largest absolute Gasteiger partial charge is 0.515 e. The molecule has 4 nitrogen and oxygen atoms in total. The second-order valence-electron chi connectivity index (χ2n) is 11.3. The predicted molar refractivity (Wildman–Crippen MR) is 112 cm³/mol. The number of allylic oxidation sites excluding steroid dienone is 1. The van der Waals surface area contributed by atoms with Gasteiger partial charge in [0.1, 0.15) is 0 Å². The van der Waals surface area contributed by atoms with Gasteiger partial charge >= 0.3 is 5.97 Å². The number of carbonyl (C=O) groups excluding carboxylic acids is 1. The number of Topliss-reactive ketones (excluding diaryl/α,β-unsaturated/α-hetero) is 1. The third-order valence-corrected chi connectivity index (χ3v) is 10.2. The first-order valence-corrected chi connectivity index (χ1v) is 11.8. The number of rotatable bonds is 4. The van der Waals surface area contributed by atoms with Gasteiger partial charge in [0.2, 0.25) is 0 Å². The maximum atomic E-state index is 12.4. The molecule has 0 bridgehead atoms. The third kappa shape index (κ3) is 3.25. The molecule has 162 valence electrons. The van der Waals surface area contributed by atoms with Crippen LogP contribution >= 0.6 is 0 Å². The van der Waals surface area contributed by atoms with Crippen LogP contribution in [0.2, 0.25) is 0 Å². The second kappa shape index (κ2) is 7.42. The summed E-state index contributed by atoms with van der Waals surface area (Å²) in [7, 11) is 0. The number of hydrogen-bond donors (Lipinski definition) is 2. The minimum Gasteiger partial charge on any atom is -0.515 e. The van der Waals surface area contributed by atoms with Crippen LogP contribution in [0.4, 0.5) is 0 Å². The lowest BCUT2D eigenvalue weighted by atomic mass is 9.44. The Morgan fingerprint density at radius 1 is 1.14 bits per heavy atom. The number of aliphatic hydroxyl groups excluding tert-OH is 1. The summed E-state index contributed by atoms with van der Waals surface area (Å²) in [4.78, 5) is 23.4. The molecular weight excluding hydrogens is 364 g/mol. The molecule has 0 radical (unpaired) electrons. The molecule has 29 heavy (non-hydrogen) atoms. The number of carbonyl (C=O) groups is 2. The van der Waals surface area contributed by atoms with Gasteiger partial charge < -0.3 is 10.2 Å². The summed E-state index contributed by atoms with van der Waals surface area (Å²) in [5.41, 5.74) is 1.12. The first-order chi connectivity index (χ1) is 13.7. The van der Waals surface area contributed by atoms with Gasteiger partial charge in [-0.15, -0.1) is 0 Å². The van der Waals surface area contributed by atoms with Crippen molar-refractivity contribution in [2.24, 2.45) is 46.3 Å². The lowest BCUT2D eigenvalue weighted by molar-refractivity contribution is -0.137. The fourth-order valence-corrected chi connectivity index (χ4v) is 8.65. The molecule has 8 atom stereocenters. The normalized spacial score (nSPS) is 46.7. The number of aliphatic carboxylic acids is 1. The number of aliphatic hydroxyl groups is 1. The fourth-order valence-electron chi connectivity index (χ4n) is 8.65. The molecule has 4 fully saturated rings. The maximum absolute atomic E-state index is 12.4. The van der Waals surface area contributed by atoms with Crippen molar-refractivity contribution in [3.05, 3.63) is 11.8 Å². The predicted octanol–water partition coefficient (Wildman–Crippen LogP) is 5.77. The van der Waals surface area contributed by atoms with Crippen LogP contribution in [0.1, 0.15) is 85.0 Å². The van der Waals surface area contributed by atoms with Gasteiger partial charge in [0, 0.05) is 18.4 Å². The zero-order chi connectivity index (χ0) is 21.0. The summed E-state index contributed by atoms with van der Waals surface area (Å²) in [5, 5.41) is 18.7.